The molecule has 15 heavy (non-hydrogen) atoms. The van der Waals surface area contributed by atoms with Crippen molar-refractivity contribution in [2.75, 3.05) is 0 Å². The summed E-state index contributed by atoms with van der Waals surface area (Å²) in [6.45, 7) is 1.07. The van der Waals surface area contributed by atoms with E-state index in [0.29, 0.717) is 0 Å². The van der Waals surface area contributed by atoms with Crippen LogP contribution in [0, 0.1) is 0 Å². The smallest absolute Gasteiger partial charge is 0.387 e. The highest BCUT2D eigenvalue weighted by Gasteiger charge is 2.07. The number of carboxylic acid groups (broad SMARTS) is 1. The van der Waals surface area contributed by atoms with Crippen LogP contribution in [-0.2, 0) is 0 Å². The molecule has 1 aromatic heterocycles. The van der Waals surface area contributed by atoms with Crippen LogP contribution in [0.25, 0.3) is 0 Å². The first-order valence-electron chi connectivity index (χ1n) is 4.24. The fourth-order valence-electron chi connectivity index (χ4n) is 0.679. The first-order valence-corrected chi connectivity index (χ1v) is 4.24. The Labute approximate surface area is 85.5 Å². The van der Waals surface area contributed by atoms with Crippen molar-refractivity contribution in [2.45, 2.75) is 20.5 Å². The van der Waals surface area contributed by atoms with Gasteiger partial charge in [0.2, 0.25) is 0 Å². The molecule has 0 saturated heterocycles. The van der Waals surface area contributed by atoms with Crippen LogP contribution in [0.1, 0.15) is 24.3 Å². The van der Waals surface area contributed by atoms with Crippen molar-refractivity contribution < 1.29 is 23.4 Å². The number of rotatable bonds is 3. The minimum atomic E-state index is -2.93. The van der Waals surface area contributed by atoms with Gasteiger partial charge in [0.25, 0.3) is 0 Å². The van der Waals surface area contributed by atoms with Crippen LogP contribution in [0.2, 0.25) is 0 Å². The predicted molar refractivity (Wildman–Crippen MR) is 49.2 cm³/mol. The number of carbonyl (C=O) groups is 1. The van der Waals surface area contributed by atoms with Gasteiger partial charge < -0.3 is 9.84 Å². The van der Waals surface area contributed by atoms with Crippen LogP contribution in [0.5, 0.6) is 5.75 Å². The third-order valence-electron chi connectivity index (χ3n) is 1.18. The van der Waals surface area contributed by atoms with Crippen molar-refractivity contribution in [3.05, 3.63) is 24.0 Å². The summed E-state index contributed by atoms with van der Waals surface area (Å²) in [6, 6.07) is 2.20. The van der Waals surface area contributed by atoms with Crippen LogP contribution in [-0.4, -0.2) is 22.7 Å². The number of carboxylic acids is 1. The molecule has 0 spiro atoms. The molecule has 0 saturated carbocycles. The zero-order valence-corrected chi connectivity index (χ0v) is 8.28. The number of halogens is 2. The molecule has 0 amide bonds. The number of hydrogen-bond acceptors (Lipinski definition) is 3. The molecule has 0 aliphatic carbocycles. The summed E-state index contributed by atoms with van der Waals surface area (Å²) in [5.74, 6) is -1.39. The van der Waals surface area contributed by atoms with Gasteiger partial charge in [-0.05, 0) is 12.1 Å². The van der Waals surface area contributed by atoms with E-state index in [1.54, 1.807) is 0 Å². The highest BCUT2D eigenvalue weighted by molar-refractivity contribution is 5.85. The number of ether oxygens (including phenoxy) is 1. The summed E-state index contributed by atoms with van der Waals surface area (Å²) in [7, 11) is 0. The van der Waals surface area contributed by atoms with Gasteiger partial charge >= 0.3 is 12.6 Å². The standard InChI is InChI=1S/C7H5F2NO3.C2H6/c8-7(9)13-4-1-2-5(6(11)12)10-3-4;1-2/h1-3,7H,(H,11,12);1-2H3. The summed E-state index contributed by atoms with van der Waals surface area (Å²) >= 11 is 0. The molecule has 0 fully saturated rings. The third kappa shape index (κ3) is 4.90. The molecule has 4 nitrogen and oxygen atoms in total. The molecule has 1 rings (SSSR count). The average molecular weight is 219 g/mol. The van der Waals surface area contributed by atoms with Gasteiger partial charge in [0.1, 0.15) is 11.4 Å². The van der Waals surface area contributed by atoms with Crippen molar-refractivity contribution in [2.24, 2.45) is 0 Å². The topological polar surface area (TPSA) is 59.4 Å². The maximum absolute atomic E-state index is 11.6. The minimum absolute atomic E-state index is 0.167. The fraction of sp³-hybridized carbons (Fsp3) is 0.333. The molecular weight excluding hydrogens is 208 g/mol. The van der Waals surface area contributed by atoms with Gasteiger partial charge in [-0.3, -0.25) is 0 Å². The zero-order valence-electron chi connectivity index (χ0n) is 8.28. The second-order valence-electron chi connectivity index (χ2n) is 2.06. The van der Waals surface area contributed by atoms with Crippen LogP contribution in [0.3, 0.4) is 0 Å². The number of alkyl halides is 2. The van der Waals surface area contributed by atoms with Crippen molar-refractivity contribution in [3.8, 4) is 5.75 Å². The van der Waals surface area contributed by atoms with Crippen molar-refractivity contribution in [3.63, 3.8) is 0 Å². The SMILES string of the molecule is CC.O=C(O)c1ccc(OC(F)F)cn1. The van der Waals surface area contributed by atoms with Crippen LogP contribution >= 0.6 is 0 Å². The lowest BCUT2D eigenvalue weighted by Gasteiger charge is -2.02. The molecular formula is C9H11F2NO3. The van der Waals surface area contributed by atoms with E-state index in [9.17, 15) is 13.6 Å². The molecule has 0 bridgehead atoms. The van der Waals surface area contributed by atoms with E-state index in [0.717, 1.165) is 18.3 Å². The monoisotopic (exact) mass is 219 g/mol. The molecule has 0 atom stereocenters. The summed E-state index contributed by atoms with van der Waals surface area (Å²) in [5, 5.41) is 8.41. The Hall–Kier alpha value is -1.72. The minimum Gasteiger partial charge on any atom is -0.477 e. The Bertz CT molecular complexity index is 301. The predicted octanol–water partition coefficient (Wildman–Crippen LogP) is 2.41. The molecule has 1 N–H and O–H groups in total. The summed E-state index contributed by atoms with van der Waals surface area (Å²) in [6.07, 6.45) is 0.926. The van der Waals surface area contributed by atoms with Crippen molar-refractivity contribution in [1.29, 1.82) is 0 Å². The summed E-state index contributed by atoms with van der Waals surface area (Å²) < 4.78 is 27.2. The zero-order chi connectivity index (χ0) is 11.8. The number of pyridine rings is 1. The lowest BCUT2D eigenvalue weighted by molar-refractivity contribution is -0.0500. The van der Waals surface area contributed by atoms with E-state index >= 15 is 0 Å². The average Bonchev–Trinajstić information content (AvgIpc) is 2.20. The maximum Gasteiger partial charge on any atom is 0.387 e. The van der Waals surface area contributed by atoms with E-state index in [4.69, 9.17) is 5.11 Å². The lowest BCUT2D eigenvalue weighted by atomic mass is 10.3. The largest absolute Gasteiger partial charge is 0.477 e. The first-order chi connectivity index (χ1) is 7.09. The van der Waals surface area contributed by atoms with Crippen LogP contribution in [0.15, 0.2) is 18.3 Å². The van der Waals surface area contributed by atoms with Gasteiger partial charge in [0, 0.05) is 0 Å². The van der Waals surface area contributed by atoms with E-state index < -0.39 is 12.6 Å². The van der Waals surface area contributed by atoms with Gasteiger partial charge in [0.15, 0.2) is 0 Å². The van der Waals surface area contributed by atoms with Crippen LogP contribution < -0.4 is 4.74 Å². The second-order valence-corrected chi connectivity index (χ2v) is 2.06. The number of aromatic nitrogens is 1. The third-order valence-corrected chi connectivity index (χ3v) is 1.18. The van der Waals surface area contributed by atoms with Crippen LogP contribution in [0.4, 0.5) is 8.78 Å². The van der Waals surface area contributed by atoms with E-state index in [2.05, 4.69) is 9.72 Å². The van der Waals surface area contributed by atoms with Crippen molar-refractivity contribution in [1.82, 2.24) is 4.98 Å². The Balaban J connectivity index is 0.000000921. The molecule has 0 radical (unpaired) electrons. The quantitative estimate of drug-likeness (QED) is 0.847. The van der Waals surface area contributed by atoms with E-state index in [1.807, 2.05) is 13.8 Å². The van der Waals surface area contributed by atoms with Gasteiger partial charge in [-0.15, -0.1) is 0 Å². The summed E-state index contributed by atoms with van der Waals surface area (Å²) in [4.78, 5) is 13.7. The van der Waals surface area contributed by atoms with Gasteiger partial charge in [-0.25, -0.2) is 9.78 Å². The Morgan fingerprint density at radius 1 is 1.47 bits per heavy atom. The number of nitrogens with zero attached hydrogens (tertiary/aromatic N) is 1. The van der Waals surface area contributed by atoms with Gasteiger partial charge in [-0.1, -0.05) is 13.8 Å². The highest BCUT2D eigenvalue weighted by atomic mass is 19.3. The van der Waals surface area contributed by atoms with Gasteiger partial charge in [-0.2, -0.15) is 8.78 Å². The molecule has 0 aliphatic heterocycles. The normalized spacial score (nSPS) is 9.13. The second kappa shape index (κ2) is 6.69. The molecule has 0 unspecified atom stereocenters. The molecule has 1 aromatic rings. The first kappa shape index (κ1) is 13.3. The van der Waals surface area contributed by atoms with E-state index in [1.165, 1.54) is 0 Å². The van der Waals surface area contributed by atoms with Crippen molar-refractivity contribution >= 4 is 5.97 Å². The summed E-state index contributed by atoms with van der Waals surface area (Å²) in [5.41, 5.74) is -0.221. The molecule has 6 heteroatoms. The lowest BCUT2D eigenvalue weighted by Crippen LogP contribution is -2.04. The number of aromatic carboxylic acids is 1. The fourth-order valence-corrected chi connectivity index (χ4v) is 0.679. The molecule has 0 aliphatic rings. The van der Waals surface area contributed by atoms with E-state index in [-0.39, 0.29) is 11.4 Å². The molecule has 1 heterocycles. The highest BCUT2D eigenvalue weighted by Crippen LogP contribution is 2.12. The maximum atomic E-state index is 11.6. The molecule has 0 aromatic carbocycles. The Morgan fingerprint density at radius 2 is 2.07 bits per heavy atom. The molecule has 84 valence electrons. The Kier molecular flexibility index (Phi) is 5.92. The number of hydrogen-bond donors (Lipinski definition) is 1. The Morgan fingerprint density at radius 3 is 2.40 bits per heavy atom. The van der Waals surface area contributed by atoms with Gasteiger partial charge in [0.05, 0.1) is 6.20 Å².